The first kappa shape index (κ1) is 18.7. The summed E-state index contributed by atoms with van der Waals surface area (Å²) in [6.45, 7) is 0.0807. The summed E-state index contributed by atoms with van der Waals surface area (Å²) in [4.78, 5) is 36.6. The van der Waals surface area contributed by atoms with Crippen molar-refractivity contribution in [2.24, 2.45) is 0 Å². The van der Waals surface area contributed by atoms with Crippen LogP contribution in [0, 0.1) is 0 Å². The van der Waals surface area contributed by atoms with E-state index in [9.17, 15) is 14.4 Å². The number of benzene rings is 2. The second-order valence-electron chi connectivity index (χ2n) is 5.69. The number of thioether (sulfide) groups is 1. The van der Waals surface area contributed by atoms with E-state index in [1.165, 1.54) is 7.11 Å². The molecule has 0 aliphatic carbocycles. The lowest BCUT2D eigenvalue weighted by Gasteiger charge is -2.09. The molecule has 0 N–H and O–H groups in total. The first-order chi connectivity index (χ1) is 13.1. The van der Waals surface area contributed by atoms with Crippen LogP contribution >= 0.6 is 11.8 Å². The molecule has 27 heavy (non-hydrogen) atoms. The van der Waals surface area contributed by atoms with Crippen LogP contribution in [0.15, 0.2) is 59.5 Å². The minimum Gasteiger partial charge on any atom is -0.489 e. The summed E-state index contributed by atoms with van der Waals surface area (Å²) in [5, 5.41) is -0.487. The molecular formula is C20H17NO5S. The number of carbonyl (C=O) groups is 3. The minimum absolute atomic E-state index is 0.266. The zero-order valence-corrected chi connectivity index (χ0v) is 15.4. The quantitative estimate of drug-likeness (QED) is 0.562. The third kappa shape index (κ3) is 4.77. The van der Waals surface area contributed by atoms with Crippen LogP contribution in [0.25, 0.3) is 6.08 Å². The molecule has 2 aromatic rings. The molecule has 0 bridgehead atoms. The molecule has 1 saturated heterocycles. The number of nitrogens with zero attached hydrogens (tertiary/aromatic N) is 1. The molecule has 6 nitrogen and oxygen atoms in total. The van der Waals surface area contributed by atoms with Gasteiger partial charge in [0.25, 0.3) is 11.1 Å². The average molecular weight is 383 g/mol. The number of imide groups is 1. The molecule has 0 atom stereocenters. The monoisotopic (exact) mass is 383 g/mol. The number of methoxy groups -OCH3 is 1. The fourth-order valence-electron chi connectivity index (χ4n) is 2.38. The van der Waals surface area contributed by atoms with Gasteiger partial charge in [0.15, 0.2) is 0 Å². The Hall–Kier alpha value is -3.06. The molecule has 7 heteroatoms. The Labute approximate surface area is 160 Å². The van der Waals surface area contributed by atoms with Crippen LogP contribution in [0.5, 0.6) is 5.75 Å². The van der Waals surface area contributed by atoms with E-state index in [1.54, 1.807) is 30.3 Å². The number of esters is 1. The molecule has 0 radical (unpaired) electrons. The van der Waals surface area contributed by atoms with Gasteiger partial charge in [0.1, 0.15) is 18.9 Å². The molecule has 0 spiro atoms. The lowest BCUT2D eigenvalue weighted by molar-refractivity contribution is -0.143. The van der Waals surface area contributed by atoms with Crippen LogP contribution < -0.4 is 4.74 Å². The van der Waals surface area contributed by atoms with Gasteiger partial charge in [-0.3, -0.25) is 19.3 Å². The van der Waals surface area contributed by atoms with Crippen molar-refractivity contribution >= 4 is 35.0 Å². The molecule has 1 heterocycles. The van der Waals surface area contributed by atoms with Crippen molar-refractivity contribution in [3.05, 3.63) is 70.6 Å². The predicted octanol–water partition coefficient (Wildman–Crippen LogP) is 3.47. The van der Waals surface area contributed by atoms with Gasteiger partial charge < -0.3 is 9.47 Å². The van der Waals surface area contributed by atoms with E-state index in [2.05, 4.69) is 4.74 Å². The molecule has 0 aromatic heterocycles. The van der Waals surface area contributed by atoms with E-state index in [0.29, 0.717) is 12.4 Å². The topological polar surface area (TPSA) is 72.9 Å². The van der Waals surface area contributed by atoms with Crippen molar-refractivity contribution in [3.8, 4) is 5.75 Å². The first-order valence-corrected chi connectivity index (χ1v) is 8.97. The van der Waals surface area contributed by atoms with Gasteiger partial charge in [-0.05, 0) is 41.1 Å². The summed E-state index contributed by atoms with van der Waals surface area (Å²) in [6.07, 6.45) is 1.61. The highest BCUT2D eigenvalue weighted by molar-refractivity contribution is 8.18. The van der Waals surface area contributed by atoms with Crippen molar-refractivity contribution < 1.29 is 23.9 Å². The summed E-state index contributed by atoms with van der Waals surface area (Å²) in [5.41, 5.74) is 1.83. The number of carbonyl (C=O) groups excluding carboxylic acids is 3. The number of ether oxygens (including phenoxy) is 2. The third-order valence-corrected chi connectivity index (χ3v) is 4.72. The lowest BCUT2D eigenvalue weighted by Crippen LogP contribution is -2.34. The Morgan fingerprint density at radius 1 is 1.07 bits per heavy atom. The van der Waals surface area contributed by atoms with E-state index in [1.807, 2.05) is 30.3 Å². The maximum absolute atomic E-state index is 12.3. The predicted molar refractivity (Wildman–Crippen MR) is 102 cm³/mol. The van der Waals surface area contributed by atoms with Crippen LogP contribution in [0.2, 0.25) is 0 Å². The van der Waals surface area contributed by atoms with Crippen LogP contribution in [0.3, 0.4) is 0 Å². The van der Waals surface area contributed by atoms with Crippen LogP contribution in [-0.4, -0.2) is 35.7 Å². The van der Waals surface area contributed by atoms with Gasteiger partial charge in [0.05, 0.1) is 12.0 Å². The van der Waals surface area contributed by atoms with E-state index >= 15 is 0 Å². The van der Waals surface area contributed by atoms with Gasteiger partial charge in [-0.2, -0.15) is 0 Å². The summed E-state index contributed by atoms with van der Waals surface area (Å²) in [5.74, 6) is -0.437. The van der Waals surface area contributed by atoms with Gasteiger partial charge in [-0.1, -0.05) is 42.5 Å². The largest absolute Gasteiger partial charge is 0.489 e. The second kappa shape index (κ2) is 8.55. The molecule has 1 aliphatic heterocycles. The van der Waals surface area contributed by atoms with Gasteiger partial charge in [0.2, 0.25) is 0 Å². The van der Waals surface area contributed by atoms with Crippen molar-refractivity contribution in [2.45, 2.75) is 6.61 Å². The van der Waals surface area contributed by atoms with Crippen LogP contribution in [-0.2, 0) is 20.9 Å². The number of amides is 2. The maximum Gasteiger partial charge on any atom is 0.325 e. The molecular weight excluding hydrogens is 366 g/mol. The molecule has 138 valence electrons. The summed E-state index contributed by atoms with van der Waals surface area (Å²) >= 11 is 0.800. The fraction of sp³-hybridized carbons (Fsp3) is 0.150. The van der Waals surface area contributed by atoms with E-state index in [0.717, 1.165) is 27.8 Å². The molecule has 3 rings (SSSR count). The number of hydrogen-bond acceptors (Lipinski definition) is 6. The molecule has 1 aliphatic rings. The number of hydrogen-bond donors (Lipinski definition) is 0. The highest BCUT2D eigenvalue weighted by Crippen LogP contribution is 2.32. The first-order valence-electron chi connectivity index (χ1n) is 8.16. The Morgan fingerprint density at radius 2 is 1.78 bits per heavy atom. The van der Waals surface area contributed by atoms with Gasteiger partial charge in [-0.25, -0.2) is 0 Å². The lowest BCUT2D eigenvalue weighted by atomic mass is 10.2. The Bertz CT molecular complexity index is 877. The molecule has 0 saturated carbocycles. The second-order valence-corrected chi connectivity index (χ2v) is 6.68. The SMILES string of the molecule is COC(=O)CN1C(=O)SC(=Cc2ccc(OCc3ccccc3)cc2)C1=O. The van der Waals surface area contributed by atoms with Crippen LogP contribution in [0.4, 0.5) is 4.79 Å². The summed E-state index contributed by atoms with van der Waals surface area (Å²) in [7, 11) is 1.21. The Kier molecular flexibility index (Phi) is 5.93. The molecule has 1 fully saturated rings. The van der Waals surface area contributed by atoms with Crippen molar-refractivity contribution in [2.75, 3.05) is 13.7 Å². The third-order valence-electron chi connectivity index (χ3n) is 3.81. The van der Waals surface area contributed by atoms with Gasteiger partial charge >= 0.3 is 5.97 Å². The zero-order valence-electron chi connectivity index (χ0n) is 14.6. The smallest absolute Gasteiger partial charge is 0.325 e. The van der Waals surface area contributed by atoms with E-state index < -0.39 is 17.1 Å². The van der Waals surface area contributed by atoms with Crippen molar-refractivity contribution in [1.29, 1.82) is 0 Å². The normalized spacial score (nSPS) is 15.3. The zero-order chi connectivity index (χ0) is 19.2. The van der Waals surface area contributed by atoms with E-state index in [4.69, 9.17) is 4.74 Å². The standard InChI is InChI=1S/C20H17NO5S/c1-25-18(22)12-21-19(23)17(27-20(21)24)11-14-7-9-16(10-8-14)26-13-15-5-3-2-4-6-15/h2-11H,12-13H2,1H3. The van der Waals surface area contributed by atoms with Crippen LogP contribution in [0.1, 0.15) is 11.1 Å². The summed E-state index contributed by atoms with van der Waals surface area (Å²) in [6, 6.07) is 17.0. The van der Waals surface area contributed by atoms with Gasteiger partial charge in [-0.15, -0.1) is 0 Å². The maximum atomic E-state index is 12.3. The summed E-state index contributed by atoms with van der Waals surface area (Å²) < 4.78 is 10.2. The Morgan fingerprint density at radius 3 is 2.44 bits per heavy atom. The molecule has 2 amide bonds. The molecule has 2 aromatic carbocycles. The molecule has 0 unspecified atom stereocenters. The van der Waals surface area contributed by atoms with Gasteiger partial charge in [0, 0.05) is 0 Å². The fourth-order valence-corrected chi connectivity index (χ4v) is 3.22. The average Bonchev–Trinajstić information content (AvgIpc) is 2.95. The highest BCUT2D eigenvalue weighted by atomic mass is 32.2. The number of rotatable bonds is 6. The minimum atomic E-state index is -0.640. The Balaban J connectivity index is 1.64. The highest BCUT2D eigenvalue weighted by Gasteiger charge is 2.36. The van der Waals surface area contributed by atoms with Crippen molar-refractivity contribution in [1.82, 2.24) is 4.90 Å². The van der Waals surface area contributed by atoms with E-state index in [-0.39, 0.29) is 11.4 Å². The van der Waals surface area contributed by atoms with Crippen molar-refractivity contribution in [3.63, 3.8) is 0 Å².